The van der Waals surface area contributed by atoms with Crippen molar-refractivity contribution in [2.45, 2.75) is 76.8 Å². The number of ether oxygens (including phenoxy) is 1. The summed E-state index contributed by atoms with van der Waals surface area (Å²) >= 11 is 0. The average molecular weight is 465 g/mol. The van der Waals surface area contributed by atoms with E-state index in [-0.39, 0.29) is 18.3 Å². The van der Waals surface area contributed by atoms with E-state index in [0.717, 1.165) is 24.9 Å². The Morgan fingerprint density at radius 3 is 2.38 bits per heavy atom. The first-order chi connectivity index (χ1) is 15.1. The predicted octanol–water partition coefficient (Wildman–Crippen LogP) is 4.38. The van der Waals surface area contributed by atoms with Crippen molar-refractivity contribution in [1.82, 2.24) is 20.0 Å². The van der Waals surface area contributed by atoms with Crippen molar-refractivity contribution in [2.75, 3.05) is 27.2 Å². The number of amides is 1. The van der Waals surface area contributed by atoms with Crippen LogP contribution in [-0.4, -0.2) is 53.9 Å². The van der Waals surface area contributed by atoms with Gasteiger partial charge in [0.05, 0.1) is 19.3 Å². The fourth-order valence-corrected chi connectivity index (χ4v) is 7.08. The Morgan fingerprint density at radius 1 is 1.09 bits per heavy atom. The SMILES string of the molecule is CN(C)CCn1ncc(C(=O)NC2C3CC4CC(C3)CC2C4)c1OCC1CCCCC1.Cl. The molecule has 32 heavy (non-hydrogen) atoms. The molecule has 5 fully saturated rings. The minimum Gasteiger partial charge on any atom is -0.477 e. The molecule has 5 aliphatic carbocycles. The lowest BCUT2D eigenvalue weighted by Gasteiger charge is -2.54. The van der Waals surface area contributed by atoms with Crippen molar-refractivity contribution in [3.05, 3.63) is 11.8 Å². The van der Waals surface area contributed by atoms with Crippen LogP contribution < -0.4 is 10.1 Å². The van der Waals surface area contributed by atoms with Gasteiger partial charge in [0.1, 0.15) is 5.56 Å². The van der Waals surface area contributed by atoms with E-state index < -0.39 is 0 Å². The summed E-state index contributed by atoms with van der Waals surface area (Å²) in [7, 11) is 4.12. The molecule has 1 amide bonds. The quantitative estimate of drug-likeness (QED) is 0.620. The molecular formula is C25H41ClN4O2. The molecule has 1 N–H and O–H groups in total. The zero-order chi connectivity index (χ0) is 21.4. The molecule has 1 aromatic rings. The zero-order valence-electron chi connectivity index (χ0n) is 19.8. The Balaban J connectivity index is 0.00000245. The van der Waals surface area contributed by atoms with E-state index >= 15 is 0 Å². The largest absolute Gasteiger partial charge is 0.477 e. The molecule has 0 aromatic carbocycles. The lowest BCUT2D eigenvalue weighted by atomic mass is 9.54. The first-order valence-corrected chi connectivity index (χ1v) is 12.7. The number of carbonyl (C=O) groups is 1. The lowest BCUT2D eigenvalue weighted by molar-refractivity contribution is -0.0120. The third kappa shape index (κ3) is 5.11. The number of rotatable bonds is 8. The average Bonchev–Trinajstić information content (AvgIpc) is 3.16. The molecule has 6 nitrogen and oxygen atoms in total. The van der Waals surface area contributed by atoms with Crippen LogP contribution in [0.2, 0.25) is 0 Å². The molecule has 0 atom stereocenters. The van der Waals surface area contributed by atoms with Crippen LogP contribution in [0.5, 0.6) is 5.88 Å². The second-order valence-corrected chi connectivity index (χ2v) is 11.1. The first-order valence-electron chi connectivity index (χ1n) is 12.7. The number of carbonyl (C=O) groups excluding carboxylic acids is 1. The number of nitrogens with zero attached hydrogens (tertiary/aromatic N) is 3. The fraction of sp³-hybridized carbons (Fsp3) is 0.840. The van der Waals surface area contributed by atoms with Crippen LogP contribution in [0.25, 0.3) is 0 Å². The third-order valence-corrected chi connectivity index (χ3v) is 8.50. The predicted molar refractivity (Wildman–Crippen MR) is 128 cm³/mol. The maximum atomic E-state index is 13.4. The van der Waals surface area contributed by atoms with Gasteiger partial charge in [0.25, 0.3) is 5.91 Å². The minimum atomic E-state index is 0. The van der Waals surface area contributed by atoms with Crippen LogP contribution in [-0.2, 0) is 6.54 Å². The summed E-state index contributed by atoms with van der Waals surface area (Å²) in [5.74, 6) is 4.48. The maximum absolute atomic E-state index is 13.4. The van der Waals surface area contributed by atoms with Crippen molar-refractivity contribution < 1.29 is 9.53 Å². The Hall–Kier alpha value is -1.27. The van der Waals surface area contributed by atoms with Gasteiger partial charge in [-0.1, -0.05) is 19.3 Å². The van der Waals surface area contributed by atoms with Crippen LogP contribution >= 0.6 is 12.4 Å². The van der Waals surface area contributed by atoms with Gasteiger partial charge in [0, 0.05) is 12.6 Å². The molecule has 0 saturated heterocycles. The Kier molecular flexibility index (Phi) is 7.71. The highest BCUT2D eigenvalue weighted by Crippen LogP contribution is 2.53. The van der Waals surface area contributed by atoms with E-state index in [1.165, 1.54) is 64.2 Å². The topological polar surface area (TPSA) is 59.4 Å². The normalized spacial score (nSPS) is 31.5. The van der Waals surface area contributed by atoms with E-state index in [4.69, 9.17) is 4.74 Å². The van der Waals surface area contributed by atoms with Gasteiger partial charge >= 0.3 is 0 Å². The number of nitrogens with one attached hydrogen (secondary N) is 1. The molecule has 4 bridgehead atoms. The molecule has 1 aromatic heterocycles. The van der Waals surface area contributed by atoms with Crippen molar-refractivity contribution in [3.8, 4) is 5.88 Å². The van der Waals surface area contributed by atoms with Crippen molar-refractivity contribution in [2.24, 2.45) is 29.6 Å². The molecule has 0 unspecified atom stereocenters. The van der Waals surface area contributed by atoms with Gasteiger partial charge in [-0.2, -0.15) is 5.10 Å². The second-order valence-electron chi connectivity index (χ2n) is 11.1. The van der Waals surface area contributed by atoms with Crippen LogP contribution in [0.15, 0.2) is 6.20 Å². The molecule has 5 aliphatic rings. The number of likely N-dealkylation sites (N-methyl/N-ethyl adjacent to an activating group) is 1. The van der Waals surface area contributed by atoms with Gasteiger partial charge in [-0.15, -0.1) is 12.4 Å². The highest BCUT2D eigenvalue weighted by Gasteiger charge is 2.48. The maximum Gasteiger partial charge on any atom is 0.258 e. The van der Waals surface area contributed by atoms with E-state index in [9.17, 15) is 4.79 Å². The van der Waals surface area contributed by atoms with E-state index in [0.29, 0.717) is 41.8 Å². The summed E-state index contributed by atoms with van der Waals surface area (Å²) in [6, 6.07) is 0.344. The lowest BCUT2D eigenvalue weighted by Crippen LogP contribution is -2.55. The van der Waals surface area contributed by atoms with Crippen LogP contribution in [0.3, 0.4) is 0 Å². The van der Waals surface area contributed by atoms with Gasteiger partial charge in [-0.05, 0) is 88.6 Å². The van der Waals surface area contributed by atoms with Gasteiger partial charge < -0.3 is 15.0 Å². The summed E-state index contributed by atoms with van der Waals surface area (Å²) < 4.78 is 8.23. The first kappa shape index (κ1) is 23.9. The molecule has 180 valence electrons. The van der Waals surface area contributed by atoms with Gasteiger partial charge in [0.2, 0.25) is 5.88 Å². The number of aromatic nitrogens is 2. The molecule has 0 radical (unpaired) electrons. The van der Waals surface area contributed by atoms with Crippen LogP contribution in [0, 0.1) is 29.6 Å². The Labute approximate surface area is 199 Å². The van der Waals surface area contributed by atoms with Crippen molar-refractivity contribution >= 4 is 18.3 Å². The smallest absolute Gasteiger partial charge is 0.258 e. The van der Waals surface area contributed by atoms with E-state index in [1.807, 2.05) is 4.68 Å². The monoisotopic (exact) mass is 464 g/mol. The molecule has 0 spiro atoms. The summed E-state index contributed by atoms with van der Waals surface area (Å²) in [5.41, 5.74) is 0.628. The molecule has 7 heteroatoms. The van der Waals surface area contributed by atoms with E-state index in [1.54, 1.807) is 6.20 Å². The van der Waals surface area contributed by atoms with Crippen LogP contribution in [0.4, 0.5) is 0 Å². The Morgan fingerprint density at radius 2 is 1.75 bits per heavy atom. The summed E-state index contributed by atoms with van der Waals surface area (Å²) in [6.45, 7) is 2.31. The molecular weight excluding hydrogens is 424 g/mol. The second kappa shape index (κ2) is 10.3. The molecule has 1 heterocycles. The summed E-state index contributed by atoms with van der Waals surface area (Å²) in [5, 5.41) is 8.01. The number of hydrogen-bond donors (Lipinski definition) is 1. The van der Waals surface area contributed by atoms with Crippen LogP contribution in [0.1, 0.15) is 74.6 Å². The number of hydrogen-bond acceptors (Lipinski definition) is 4. The summed E-state index contributed by atoms with van der Waals surface area (Å²) in [6.07, 6.45) is 14.8. The summed E-state index contributed by atoms with van der Waals surface area (Å²) in [4.78, 5) is 15.5. The third-order valence-electron chi connectivity index (χ3n) is 8.50. The van der Waals surface area contributed by atoms with Crippen molar-refractivity contribution in [3.63, 3.8) is 0 Å². The van der Waals surface area contributed by atoms with Gasteiger partial charge in [-0.25, -0.2) is 4.68 Å². The minimum absolute atomic E-state index is 0. The molecule has 0 aliphatic heterocycles. The highest BCUT2D eigenvalue weighted by molar-refractivity contribution is 5.96. The van der Waals surface area contributed by atoms with Gasteiger partial charge in [0.15, 0.2) is 0 Å². The number of halogens is 1. The fourth-order valence-electron chi connectivity index (χ4n) is 7.08. The Bertz CT molecular complexity index is 746. The van der Waals surface area contributed by atoms with Crippen molar-refractivity contribution in [1.29, 1.82) is 0 Å². The molecule has 6 rings (SSSR count). The van der Waals surface area contributed by atoms with E-state index in [2.05, 4.69) is 29.4 Å². The highest BCUT2D eigenvalue weighted by atomic mass is 35.5. The zero-order valence-corrected chi connectivity index (χ0v) is 20.6. The standard InChI is InChI=1S/C25H40N4O2.ClH/c1-28(2)8-9-29-25(31-16-17-6-4-3-5-7-17)22(15-26-29)24(30)27-23-20-11-18-10-19(13-20)14-21(23)12-18;/h15,17-21,23H,3-14,16H2,1-2H3,(H,27,30);1H. The molecule has 5 saturated carbocycles. The van der Waals surface area contributed by atoms with Gasteiger partial charge in [-0.3, -0.25) is 4.79 Å².